The maximum Gasteiger partial charge on any atom is 0.273 e. The van der Waals surface area contributed by atoms with Gasteiger partial charge in [0.1, 0.15) is 0 Å². The van der Waals surface area contributed by atoms with Crippen LogP contribution in [0, 0.1) is 16.0 Å². The van der Waals surface area contributed by atoms with E-state index in [-0.39, 0.29) is 11.8 Å². The Balaban J connectivity index is 2.13. The van der Waals surface area contributed by atoms with E-state index in [4.69, 9.17) is 5.84 Å². The number of aliphatic hydroxyl groups excluding tert-OH is 1. The van der Waals surface area contributed by atoms with Gasteiger partial charge in [-0.1, -0.05) is 0 Å². The third kappa shape index (κ3) is 3.12. The molecule has 0 amide bonds. The zero-order chi connectivity index (χ0) is 14.0. The second-order valence-corrected chi connectivity index (χ2v) is 5.01. The van der Waals surface area contributed by atoms with Gasteiger partial charge in [0.2, 0.25) is 0 Å². The Kier molecular flexibility index (Phi) is 3.87. The smallest absolute Gasteiger partial charge is 0.273 e. The largest absolute Gasteiger partial charge is 0.393 e. The number of anilines is 2. The maximum absolute atomic E-state index is 10.9. The van der Waals surface area contributed by atoms with E-state index in [0.29, 0.717) is 11.6 Å². The summed E-state index contributed by atoms with van der Waals surface area (Å²) in [5, 5.41) is 20.1. The van der Waals surface area contributed by atoms with Gasteiger partial charge in [0.25, 0.3) is 5.69 Å². The van der Waals surface area contributed by atoms with Crippen molar-refractivity contribution < 1.29 is 10.0 Å². The van der Waals surface area contributed by atoms with Crippen LogP contribution in [0.5, 0.6) is 0 Å². The molecule has 19 heavy (non-hydrogen) atoms. The number of nitrogens with zero attached hydrogens (tertiary/aromatic N) is 2. The van der Waals surface area contributed by atoms with Gasteiger partial charge in [-0.15, -0.1) is 0 Å². The number of hydrazine groups is 1. The van der Waals surface area contributed by atoms with E-state index in [1.807, 2.05) is 11.9 Å². The molecule has 7 nitrogen and oxygen atoms in total. The van der Waals surface area contributed by atoms with E-state index in [1.165, 1.54) is 12.1 Å². The molecule has 0 heterocycles. The van der Waals surface area contributed by atoms with Crippen LogP contribution in [0.15, 0.2) is 18.2 Å². The van der Waals surface area contributed by atoms with Crippen LogP contribution in [0.25, 0.3) is 0 Å². The lowest BCUT2D eigenvalue weighted by Crippen LogP contribution is -2.37. The van der Waals surface area contributed by atoms with E-state index in [1.54, 1.807) is 6.07 Å². The average Bonchev–Trinajstić information content (AvgIpc) is 2.36. The quantitative estimate of drug-likeness (QED) is 0.418. The predicted octanol–water partition coefficient (Wildman–Crippen LogP) is 1.09. The highest BCUT2D eigenvalue weighted by Gasteiger charge is 2.28. The molecule has 1 fully saturated rings. The van der Waals surface area contributed by atoms with Crippen molar-refractivity contribution in [3.05, 3.63) is 28.3 Å². The second-order valence-electron chi connectivity index (χ2n) is 5.01. The van der Waals surface area contributed by atoms with Gasteiger partial charge in [0.05, 0.1) is 16.7 Å². The molecule has 1 aromatic rings. The van der Waals surface area contributed by atoms with Crippen molar-refractivity contribution in [1.82, 2.24) is 0 Å². The number of non-ortho nitro benzene ring substituents is 1. The van der Waals surface area contributed by atoms with Gasteiger partial charge < -0.3 is 15.4 Å². The van der Waals surface area contributed by atoms with Crippen molar-refractivity contribution in [1.29, 1.82) is 0 Å². The number of nitrogen functional groups attached to an aromatic ring is 1. The van der Waals surface area contributed by atoms with E-state index in [9.17, 15) is 15.2 Å². The fraction of sp³-hybridized carbons (Fsp3) is 0.500. The highest BCUT2D eigenvalue weighted by Crippen LogP contribution is 2.31. The molecular weight excluding hydrogens is 248 g/mol. The lowest BCUT2D eigenvalue weighted by atomic mass is 9.82. The van der Waals surface area contributed by atoms with Crippen LogP contribution < -0.4 is 16.2 Å². The lowest BCUT2D eigenvalue weighted by molar-refractivity contribution is -0.384. The zero-order valence-electron chi connectivity index (χ0n) is 10.7. The average molecular weight is 266 g/mol. The molecule has 104 valence electrons. The summed E-state index contributed by atoms with van der Waals surface area (Å²) in [6, 6.07) is 4.68. The molecule has 4 N–H and O–H groups in total. The summed E-state index contributed by atoms with van der Waals surface area (Å²) in [5.41, 5.74) is 3.68. The van der Waals surface area contributed by atoms with Crippen LogP contribution in [0.2, 0.25) is 0 Å². The Labute approximate surface area is 111 Å². The SMILES string of the molecule is CN(CC1CC(O)C1)c1cc(NN)cc([N+](=O)[O-])c1. The molecule has 0 bridgehead atoms. The number of hydrogen-bond donors (Lipinski definition) is 3. The molecule has 0 unspecified atom stereocenters. The van der Waals surface area contributed by atoms with Crippen LogP contribution in [-0.4, -0.2) is 29.7 Å². The van der Waals surface area contributed by atoms with Crippen molar-refractivity contribution in [2.75, 3.05) is 23.9 Å². The van der Waals surface area contributed by atoms with Crippen LogP contribution in [0.4, 0.5) is 17.1 Å². The van der Waals surface area contributed by atoms with E-state index < -0.39 is 4.92 Å². The third-order valence-corrected chi connectivity index (χ3v) is 3.46. The summed E-state index contributed by atoms with van der Waals surface area (Å²) in [5.74, 6) is 5.76. The third-order valence-electron chi connectivity index (χ3n) is 3.46. The number of nitro groups is 1. The minimum absolute atomic E-state index is 0.00550. The standard InChI is InChI=1S/C12H18N4O3/c1-15(7-8-2-12(17)3-8)10-4-9(14-13)5-11(6-10)16(18)19/h4-6,8,12,14,17H,2-3,7,13H2,1H3. The molecule has 1 aliphatic rings. The monoisotopic (exact) mass is 266 g/mol. The van der Waals surface area contributed by atoms with Crippen LogP contribution in [0.3, 0.4) is 0 Å². The molecule has 0 radical (unpaired) electrons. The molecule has 0 aromatic heterocycles. The Bertz CT molecular complexity index is 474. The van der Waals surface area contributed by atoms with Crippen molar-refractivity contribution >= 4 is 17.1 Å². The number of hydrogen-bond acceptors (Lipinski definition) is 6. The summed E-state index contributed by atoms with van der Waals surface area (Å²) in [6.07, 6.45) is 1.40. The number of rotatable bonds is 5. The van der Waals surface area contributed by atoms with E-state index in [0.717, 1.165) is 25.1 Å². The summed E-state index contributed by atoms with van der Waals surface area (Å²) in [6.45, 7) is 0.766. The summed E-state index contributed by atoms with van der Waals surface area (Å²) < 4.78 is 0. The predicted molar refractivity (Wildman–Crippen MR) is 72.9 cm³/mol. The molecule has 1 aromatic carbocycles. The first-order valence-corrected chi connectivity index (χ1v) is 6.15. The first-order valence-electron chi connectivity index (χ1n) is 6.15. The van der Waals surface area contributed by atoms with Crippen molar-refractivity contribution in [2.45, 2.75) is 18.9 Å². The number of benzene rings is 1. The van der Waals surface area contributed by atoms with E-state index in [2.05, 4.69) is 5.43 Å². The molecule has 1 saturated carbocycles. The van der Waals surface area contributed by atoms with E-state index >= 15 is 0 Å². The van der Waals surface area contributed by atoms with Crippen LogP contribution in [-0.2, 0) is 0 Å². The Hall–Kier alpha value is -1.86. The number of nitro benzene ring substituents is 1. The van der Waals surface area contributed by atoms with Crippen LogP contribution >= 0.6 is 0 Å². The second kappa shape index (κ2) is 5.41. The molecule has 0 spiro atoms. The Morgan fingerprint density at radius 3 is 2.74 bits per heavy atom. The van der Waals surface area contributed by atoms with Crippen LogP contribution in [0.1, 0.15) is 12.8 Å². The summed E-state index contributed by atoms with van der Waals surface area (Å²) in [4.78, 5) is 12.4. The summed E-state index contributed by atoms with van der Waals surface area (Å²) >= 11 is 0. The van der Waals surface area contributed by atoms with Gasteiger partial charge >= 0.3 is 0 Å². The first kappa shape index (κ1) is 13.6. The minimum Gasteiger partial charge on any atom is -0.393 e. The highest BCUT2D eigenvalue weighted by atomic mass is 16.6. The molecule has 0 aliphatic heterocycles. The number of aliphatic hydroxyl groups is 1. The minimum atomic E-state index is -0.439. The normalized spacial score (nSPS) is 21.6. The topological polar surface area (TPSA) is 105 Å². The Morgan fingerprint density at radius 1 is 1.53 bits per heavy atom. The highest BCUT2D eigenvalue weighted by molar-refractivity contribution is 5.63. The first-order chi connectivity index (χ1) is 8.99. The van der Waals surface area contributed by atoms with Gasteiger partial charge in [-0.3, -0.25) is 16.0 Å². The molecule has 1 aliphatic carbocycles. The van der Waals surface area contributed by atoms with Crippen molar-refractivity contribution in [3.8, 4) is 0 Å². The van der Waals surface area contributed by atoms with Gasteiger partial charge in [-0.05, 0) is 24.8 Å². The van der Waals surface area contributed by atoms with Crippen molar-refractivity contribution in [2.24, 2.45) is 11.8 Å². The fourth-order valence-electron chi connectivity index (χ4n) is 2.35. The maximum atomic E-state index is 10.9. The van der Waals surface area contributed by atoms with Gasteiger partial charge in [0, 0.05) is 31.4 Å². The molecule has 0 atom stereocenters. The molecule has 2 rings (SSSR count). The van der Waals surface area contributed by atoms with Crippen molar-refractivity contribution in [3.63, 3.8) is 0 Å². The zero-order valence-corrected chi connectivity index (χ0v) is 10.7. The molecular formula is C12H18N4O3. The van der Waals surface area contributed by atoms with Gasteiger partial charge in [0.15, 0.2) is 0 Å². The number of nitrogens with two attached hydrogens (primary N) is 1. The van der Waals surface area contributed by atoms with Gasteiger partial charge in [-0.25, -0.2) is 0 Å². The van der Waals surface area contributed by atoms with Gasteiger partial charge in [-0.2, -0.15) is 0 Å². The Morgan fingerprint density at radius 2 is 2.21 bits per heavy atom. The molecule has 0 saturated heterocycles. The number of nitrogens with one attached hydrogen (secondary N) is 1. The fourth-order valence-corrected chi connectivity index (χ4v) is 2.35. The summed E-state index contributed by atoms with van der Waals surface area (Å²) in [7, 11) is 1.88. The molecule has 7 heteroatoms. The lowest BCUT2D eigenvalue weighted by Gasteiger charge is -2.35.